The van der Waals surface area contributed by atoms with Crippen molar-refractivity contribution in [3.63, 3.8) is 0 Å². The Morgan fingerprint density at radius 1 is 1.04 bits per heavy atom. The van der Waals surface area contributed by atoms with Crippen molar-refractivity contribution in [1.29, 1.82) is 0 Å². The van der Waals surface area contributed by atoms with E-state index in [-0.39, 0.29) is 19.8 Å². The Labute approximate surface area is 144 Å². The van der Waals surface area contributed by atoms with Gasteiger partial charge in [-0.2, -0.15) is 0 Å². The van der Waals surface area contributed by atoms with E-state index < -0.39 is 61.6 Å². The van der Waals surface area contributed by atoms with Gasteiger partial charge in [-0.05, 0) is 13.8 Å². The van der Waals surface area contributed by atoms with Crippen molar-refractivity contribution in [3.8, 4) is 0 Å². The minimum absolute atomic E-state index is 0.187. The molecule has 0 aromatic rings. The summed E-state index contributed by atoms with van der Waals surface area (Å²) in [5.74, 6) is -1.41. The molecule has 0 spiro atoms. The minimum Gasteiger partial charge on any atom is -0.466 e. The molecular weight excluding hydrogens is 340 g/mol. The standard InChI is InChI=1S/C15H22O10/c1-3-19-9(16)4-10(17)21-6-11-24-13-12-8(5-20-7(2)22-12)23-15(18)14(13)25-11/h7-8,11-15,18H,3-6H2,1-2H3. The van der Waals surface area contributed by atoms with Crippen LogP contribution in [0.15, 0.2) is 0 Å². The van der Waals surface area contributed by atoms with Crippen molar-refractivity contribution < 1.29 is 47.9 Å². The van der Waals surface area contributed by atoms with Crippen molar-refractivity contribution in [1.82, 2.24) is 0 Å². The highest BCUT2D eigenvalue weighted by molar-refractivity contribution is 5.91. The van der Waals surface area contributed by atoms with E-state index in [0.717, 1.165) is 0 Å². The molecule has 3 fully saturated rings. The van der Waals surface area contributed by atoms with Gasteiger partial charge in [0.25, 0.3) is 0 Å². The van der Waals surface area contributed by atoms with Crippen molar-refractivity contribution >= 4 is 11.9 Å². The number of aliphatic hydroxyl groups excluding tert-OH is 1. The Hall–Kier alpha value is -1.30. The van der Waals surface area contributed by atoms with E-state index >= 15 is 0 Å². The zero-order valence-corrected chi connectivity index (χ0v) is 14.0. The lowest BCUT2D eigenvalue weighted by Gasteiger charge is -2.44. The van der Waals surface area contributed by atoms with Crippen LogP contribution in [0.5, 0.6) is 0 Å². The number of aliphatic hydroxyl groups is 1. The van der Waals surface area contributed by atoms with Gasteiger partial charge in [-0.3, -0.25) is 9.59 Å². The molecular formula is C15H22O10. The number of hydrogen-bond acceptors (Lipinski definition) is 10. The van der Waals surface area contributed by atoms with E-state index in [1.165, 1.54) is 0 Å². The molecule has 7 atom stereocenters. The van der Waals surface area contributed by atoms with E-state index in [9.17, 15) is 14.7 Å². The summed E-state index contributed by atoms with van der Waals surface area (Å²) in [4.78, 5) is 22.8. The van der Waals surface area contributed by atoms with Crippen LogP contribution in [0.25, 0.3) is 0 Å². The normalized spacial score (nSPS) is 40.0. The van der Waals surface area contributed by atoms with Crippen LogP contribution in [-0.4, -0.2) is 80.2 Å². The van der Waals surface area contributed by atoms with Crippen LogP contribution in [0, 0.1) is 0 Å². The number of fused-ring (bicyclic) bond motifs is 3. The molecule has 3 saturated heterocycles. The minimum atomic E-state index is -1.20. The summed E-state index contributed by atoms with van der Waals surface area (Å²) in [5, 5.41) is 10.1. The second-order valence-electron chi connectivity index (χ2n) is 5.86. The molecule has 142 valence electrons. The summed E-state index contributed by atoms with van der Waals surface area (Å²) in [6, 6.07) is 0. The maximum absolute atomic E-state index is 11.6. The number of ether oxygens (including phenoxy) is 7. The third-order valence-electron chi connectivity index (χ3n) is 4.05. The molecule has 3 heterocycles. The predicted molar refractivity (Wildman–Crippen MR) is 76.9 cm³/mol. The Morgan fingerprint density at radius 3 is 2.52 bits per heavy atom. The molecule has 3 aliphatic rings. The van der Waals surface area contributed by atoms with Gasteiger partial charge in [-0.15, -0.1) is 0 Å². The number of esters is 2. The maximum atomic E-state index is 11.6. The van der Waals surface area contributed by atoms with Crippen LogP contribution in [0.4, 0.5) is 0 Å². The average molecular weight is 362 g/mol. The second-order valence-corrected chi connectivity index (χ2v) is 5.86. The lowest BCUT2D eigenvalue weighted by Crippen LogP contribution is -2.61. The smallest absolute Gasteiger partial charge is 0.317 e. The summed E-state index contributed by atoms with van der Waals surface area (Å²) in [6.45, 7) is 3.63. The third-order valence-corrected chi connectivity index (χ3v) is 4.05. The van der Waals surface area contributed by atoms with E-state index in [2.05, 4.69) is 4.74 Å². The fourth-order valence-electron chi connectivity index (χ4n) is 2.99. The maximum Gasteiger partial charge on any atom is 0.317 e. The van der Waals surface area contributed by atoms with Gasteiger partial charge in [-0.1, -0.05) is 0 Å². The van der Waals surface area contributed by atoms with Gasteiger partial charge < -0.3 is 38.3 Å². The lowest BCUT2D eigenvalue weighted by molar-refractivity contribution is -0.333. The fourth-order valence-corrected chi connectivity index (χ4v) is 2.99. The van der Waals surface area contributed by atoms with Crippen molar-refractivity contribution in [2.45, 2.75) is 63.6 Å². The number of carbonyl (C=O) groups is 2. The molecule has 10 nitrogen and oxygen atoms in total. The highest BCUT2D eigenvalue weighted by Gasteiger charge is 2.55. The van der Waals surface area contributed by atoms with E-state index in [4.69, 9.17) is 28.4 Å². The Bertz CT molecular complexity index is 497. The molecule has 0 aliphatic carbocycles. The largest absolute Gasteiger partial charge is 0.466 e. The quantitative estimate of drug-likeness (QED) is 0.485. The van der Waals surface area contributed by atoms with E-state index in [0.29, 0.717) is 0 Å². The fraction of sp³-hybridized carbons (Fsp3) is 0.867. The molecule has 0 radical (unpaired) electrons. The van der Waals surface area contributed by atoms with Gasteiger partial charge in [0.2, 0.25) is 0 Å². The van der Waals surface area contributed by atoms with Crippen LogP contribution in [0.3, 0.4) is 0 Å². The SMILES string of the molecule is CCOC(=O)CC(=O)OCC1OC2C(O)OC3COC(C)OC3C2O1. The molecule has 0 amide bonds. The van der Waals surface area contributed by atoms with Crippen LogP contribution in [0.2, 0.25) is 0 Å². The van der Waals surface area contributed by atoms with Crippen molar-refractivity contribution in [2.24, 2.45) is 0 Å². The number of carbonyl (C=O) groups excluding carboxylic acids is 2. The van der Waals surface area contributed by atoms with Gasteiger partial charge in [0, 0.05) is 0 Å². The number of hydrogen-bond donors (Lipinski definition) is 1. The Kier molecular flexibility index (Phi) is 5.87. The van der Waals surface area contributed by atoms with Crippen LogP contribution >= 0.6 is 0 Å². The van der Waals surface area contributed by atoms with Gasteiger partial charge in [0.05, 0.1) is 13.2 Å². The summed E-state index contributed by atoms with van der Waals surface area (Å²) < 4.78 is 37.4. The monoisotopic (exact) mass is 362 g/mol. The zero-order chi connectivity index (χ0) is 18.0. The summed E-state index contributed by atoms with van der Waals surface area (Å²) >= 11 is 0. The first-order valence-corrected chi connectivity index (χ1v) is 8.20. The predicted octanol–water partition coefficient (Wildman–Crippen LogP) is -0.928. The van der Waals surface area contributed by atoms with Gasteiger partial charge in [0.1, 0.15) is 37.4 Å². The van der Waals surface area contributed by atoms with Gasteiger partial charge in [0.15, 0.2) is 18.9 Å². The highest BCUT2D eigenvalue weighted by atomic mass is 16.8. The first-order chi connectivity index (χ1) is 12.0. The zero-order valence-electron chi connectivity index (χ0n) is 14.0. The second kappa shape index (κ2) is 7.94. The summed E-state index contributed by atoms with van der Waals surface area (Å²) in [5.41, 5.74) is 0. The van der Waals surface area contributed by atoms with Gasteiger partial charge >= 0.3 is 11.9 Å². The lowest BCUT2D eigenvalue weighted by atomic mass is 9.98. The van der Waals surface area contributed by atoms with Crippen LogP contribution in [0.1, 0.15) is 20.3 Å². The van der Waals surface area contributed by atoms with Crippen LogP contribution in [-0.2, 0) is 42.7 Å². The molecule has 0 bridgehead atoms. The molecule has 25 heavy (non-hydrogen) atoms. The molecule has 0 aromatic heterocycles. The third kappa shape index (κ3) is 4.27. The summed E-state index contributed by atoms with van der Waals surface area (Å²) in [7, 11) is 0. The van der Waals surface area contributed by atoms with E-state index in [1.807, 2.05) is 0 Å². The molecule has 3 aliphatic heterocycles. The summed E-state index contributed by atoms with van der Waals surface area (Å²) in [6.07, 6.45) is -5.27. The molecule has 0 aromatic carbocycles. The highest BCUT2D eigenvalue weighted by Crippen LogP contribution is 2.35. The Morgan fingerprint density at radius 2 is 1.76 bits per heavy atom. The van der Waals surface area contributed by atoms with Gasteiger partial charge in [-0.25, -0.2) is 0 Å². The molecule has 3 rings (SSSR count). The molecule has 10 heteroatoms. The Balaban J connectivity index is 1.51. The number of rotatable bonds is 5. The topological polar surface area (TPSA) is 119 Å². The van der Waals surface area contributed by atoms with Crippen molar-refractivity contribution in [3.05, 3.63) is 0 Å². The first kappa shape index (κ1) is 18.5. The van der Waals surface area contributed by atoms with E-state index in [1.54, 1.807) is 13.8 Å². The molecule has 7 unspecified atom stereocenters. The first-order valence-electron chi connectivity index (χ1n) is 8.20. The van der Waals surface area contributed by atoms with Crippen LogP contribution < -0.4 is 0 Å². The molecule has 1 N–H and O–H groups in total. The van der Waals surface area contributed by atoms with Crippen molar-refractivity contribution in [2.75, 3.05) is 19.8 Å². The molecule has 0 saturated carbocycles. The average Bonchev–Trinajstić information content (AvgIpc) is 2.99.